The average molecular weight is 291 g/mol. The number of anilines is 1. The molecular formula is C11H19BrN2O2. The van der Waals surface area contributed by atoms with Crippen molar-refractivity contribution in [3.63, 3.8) is 0 Å². The van der Waals surface area contributed by atoms with Crippen LogP contribution < -0.4 is 11.5 Å². The molecule has 0 aliphatic rings. The third-order valence-electron chi connectivity index (χ3n) is 2.98. The Balaban J connectivity index is 0.00000225. The average Bonchev–Trinajstić information content (AvgIpc) is 2.10. The molecule has 16 heavy (non-hydrogen) atoms. The molecule has 92 valence electrons. The number of phenols is 2. The van der Waals surface area contributed by atoms with Crippen molar-refractivity contribution in [1.82, 2.24) is 0 Å². The minimum atomic E-state index is -0.352. The Morgan fingerprint density at radius 2 is 1.62 bits per heavy atom. The lowest BCUT2D eigenvalue weighted by molar-refractivity contribution is 0.396. The van der Waals surface area contributed by atoms with Crippen molar-refractivity contribution in [2.45, 2.75) is 32.2 Å². The molecule has 1 atom stereocenters. The van der Waals surface area contributed by atoms with Crippen LogP contribution in [-0.2, 0) is 5.41 Å². The van der Waals surface area contributed by atoms with E-state index in [1.807, 2.05) is 20.8 Å². The molecule has 1 aromatic rings. The highest BCUT2D eigenvalue weighted by atomic mass is 79.9. The highest BCUT2D eigenvalue weighted by Crippen LogP contribution is 2.37. The Labute approximate surface area is 106 Å². The first-order chi connectivity index (χ1) is 6.76. The zero-order valence-corrected chi connectivity index (χ0v) is 11.4. The number of rotatable bonds is 2. The fourth-order valence-electron chi connectivity index (χ4n) is 1.40. The third kappa shape index (κ3) is 2.59. The predicted octanol–water partition coefficient (Wildman–Crippen LogP) is 1.88. The summed E-state index contributed by atoms with van der Waals surface area (Å²) in [6.07, 6.45) is 0. The largest absolute Gasteiger partial charge is 0.504 e. The molecule has 0 fully saturated rings. The lowest BCUT2D eigenvalue weighted by Crippen LogP contribution is -2.38. The standard InChI is InChI=1S/C11H18N2O2.BrH/c1-6(12)11(2,3)7-4-9(14)10(15)5-8(7)13;/h4-6,14-15H,12-13H2,1-3H3;1H. The van der Waals surface area contributed by atoms with Gasteiger partial charge in [-0.3, -0.25) is 0 Å². The highest BCUT2D eigenvalue weighted by molar-refractivity contribution is 8.93. The van der Waals surface area contributed by atoms with Gasteiger partial charge in [-0.15, -0.1) is 17.0 Å². The van der Waals surface area contributed by atoms with E-state index in [-0.39, 0.29) is 39.9 Å². The molecule has 0 bridgehead atoms. The molecule has 0 aromatic heterocycles. The minimum absolute atomic E-state index is 0. The second-order valence-electron chi connectivity index (χ2n) is 4.44. The van der Waals surface area contributed by atoms with Gasteiger partial charge in [-0.05, 0) is 18.6 Å². The van der Waals surface area contributed by atoms with Gasteiger partial charge in [-0.1, -0.05) is 13.8 Å². The predicted molar refractivity (Wildman–Crippen MR) is 71.2 cm³/mol. The molecule has 6 N–H and O–H groups in total. The monoisotopic (exact) mass is 290 g/mol. The molecule has 1 rings (SSSR count). The normalized spacial score (nSPS) is 13.0. The number of nitrogen functional groups attached to an aromatic ring is 1. The first-order valence-electron chi connectivity index (χ1n) is 4.84. The van der Waals surface area contributed by atoms with Crippen molar-refractivity contribution < 1.29 is 10.2 Å². The van der Waals surface area contributed by atoms with Gasteiger partial charge in [0.15, 0.2) is 11.5 Å². The molecule has 1 unspecified atom stereocenters. The first-order valence-corrected chi connectivity index (χ1v) is 4.84. The summed E-state index contributed by atoms with van der Waals surface area (Å²) >= 11 is 0. The molecule has 5 heteroatoms. The van der Waals surface area contributed by atoms with Gasteiger partial charge >= 0.3 is 0 Å². The van der Waals surface area contributed by atoms with Gasteiger partial charge in [0.2, 0.25) is 0 Å². The van der Waals surface area contributed by atoms with Crippen LogP contribution in [0.15, 0.2) is 12.1 Å². The maximum Gasteiger partial charge on any atom is 0.159 e. The number of nitrogens with two attached hydrogens (primary N) is 2. The van der Waals surface area contributed by atoms with Crippen LogP contribution in [0.1, 0.15) is 26.3 Å². The molecule has 0 saturated carbocycles. The van der Waals surface area contributed by atoms with Crippen LogP contribution in [0.5, 0.6) is 11.5 Å². The smallest absolute Gasteiger partial charge is 0.159 e. The van der Waals surface area contributed by atoms with Gasteiger partial charge in [-0.2, -0.15) is 0 Å². The molecule has 0 radical (unpaired) electrons. The van der Waals surface area contributed by atoms with Crippen LogP contribution in [0.4, 0.5) is 5.69 Å². The van der Waals surface area contributed by atoms with Crippen molar-refractivity contribution in [3.8, 4) is 11.5 Å². The van der Waals surface area contributed by atoms with Crippen LogP contribution in [0, 0.1) is 0 Å². The van der Waals surface area contributed by atoms with E-state index in [0.29, 0.717) is 5.69 Å². The van der Waals surface area contributed by atoms with Gasteiger partial charge in [0, 0.05) is 23.2 Å². The molecule has 0 aliphatic heterocycles. The number of phenolic OH excluding ortho intramolecular Hbond substituents is 2. The van der Waals surface area contributed by atoms with E-state index in [2.05, 4.69) is 0 Å². The number of benzene rings is 1. The van der Waals surface area contributed by atoms with E-state index in [0.717, 1.165) is 5.56 Å². The van der Waals surface area contributed by atoms with Gasteiger partial charge in [0.1, 0.15) is 0 Å². The fourth-order valence-corrected chi connectivity index (χ4v) is 1.40. The second-order valence-corrected chi connectivity index (χ2v) is 4.44. The minimum Gasteiger partial charge on any atom is -0.504 e. The third-order valence-corrected chi connectivity index (χ3v) is 2.98. The van der Waals surface area contributed by atoms with Crippen LogP contribution >= 0.6 is 17.0 Å². The van der Waals surface area contributed by atoms with Crippen LogP contribution in [0.25, 0.3) is 0 Å². The summed E-state index contributed by atoms with van der Waals surface area (Å²) in [4.78, 5) is 0. The highest BCUT2D eigenvalue weighted by Gasteiger charge is 2.28. The molecule has 0 heterocycles. The Bertz CT molecular complexity index is 378. The molecular weight excluding hydrogens is 272 g/mol. The van der Waals surface area contributed by atoms with Crippen LogP contribution in [0.3, 0.4) is 0 Å². The number of hydrogen-bond donors (Lipinski definition) is 4. The summed E-state index contributed by atoms with van der Waals surface area (Å²) in [5.74, 6) is -0.385. The first kappa shape index (κ1) is 15.1. The second kappa shape index (κ2) is 4.93. The van der Waals surface area contributed by atoms with E-state index in [4.69, 9.17) is 11.5 Å². The van der Waals surface area contributed by atoms with Gasteiger partial charge in [-0.25, -0.2) is 0 Å². The molecule has 0 spiro atoms. The van der Waals surface area contributed by atoms with Crippen LogP contribution in [0.2, 0.25) is 0 Å². The summed E-state index contributed by atoms with van der Waals surface area (Å²) < 4.78 is 0. The summed E-state index contributed by atoms with van der Waals surface area (Å²) in [7, 11) is 0. The Morgan fingerprint density at radius 3 is 2.06 bits per heavy atom. The quantitative estimate of drug-likeness (QED) is 0.380. The van der Waals surface area contributed by atoms with E-state index in [1.165, 1.54) is 12.1 Å². The summed E-state index contributed by atoms with van der Waals surface area (Å²) in [6.45, 7) is 5.77. The van der Waals surface area contributed by atoms with Crippen molar-refractivity contribution in [2.24, 2.45) is 5.73 Å². The SMILES string of the molecule is Br.CC(N)C(C)(C)c1cc(O)c(O)cc1N. The summed E-state index contributed by atoms with van der Waals surface area (Å²) in [6, 6.07) is 2.70. The Kier molecular flexibility index (Phi) is 4.64. The van der Waals surface area contributed by atoms with Gasteiger partial charge in [0.25, 0.3) is 0 Å². The lowest BCUT2D eigenvalue weighted by Gasteiger charge is -2.31. The van der Waals surface area contributed by atoms with Gasteiger partial charge < -0.3 is 21.7 Å². The number of aromatic hydroxyl groups is 2. The molecule has 0 aliphatic carbocycles. The molecule has 0 saturated heterocycles. The zero-order chi connectivity index (χ0) is 11.8. The fraction of sp³-hybridized carbons (Fsp3) is 0.455. The van der Waals surface area contributed by atoms with Crippen molar-refractivity contribution in [3.05, 3.63) is 17.7 Å². The number of halogens is 1. The van der Waals surface area contributed by atoms with Crippen molar-refractivity contribution in [2.75, 3.05) is 5.73 Å². The van der Waals surface area contributed by atoms with Gasteiger partial charge in [0.05, 0.1) is 0 Å². The van der Waals surface area contributed by atoms with E-state index in [1.54, 1.807) is 0 Å². The van der Waals surface area contributed by atoms with E-state index >= 15 is 0 Å². The van der Waals surface area contributed by atoms with Crippen molar-refractivity contribution >= 4 is 22.7 Å². The van der Waals surface area contributed by atoms with Crippen LogP contribution in [-0.4, -0.2) is 16.3 Å². The summed E-state index contributed by atoms with van der Waals surface area (Å²) in [5.41, 5.74) is 12.5. The van der Waals surface area contributed by atoms with E-state index in [9.17, 15) is 10.2 Å². The molecule has 4 nitrogen and oxygen atoms in total. The maximum absolute atomic E-state index is 9.42. The maximum atomic E-state index is 9.42. The molecule has 0 amide bonds. The zero-order valence-electron chi connectivity index (χ0n) is 9.69. The Hall–Kier alpha value is -0.940. The topological polar surface area (TPSA) is 92.5 Å². The molecule has 1 aromatic carbocycles. The number of hydrogen-bond acceptors (Lipinski definition) is 4. The Morgan fingerprint density at radius 1 is 1.19 bits per heavy atom. The van der Waals surface area contributed by atoms with E-state index < -0.39 is 0 Å². The lowest BCUT2D eigenvalue weighted by atomic mass is 9.78. The van der Waals surface area contributed by atoms with Crippen molar-refractivity contribution in [1.29, 1.82) is 0 Å². The summed E-state index contributed by atoms with van der Waals surface area (Å²) in [5, 5.41) is 18.7.